The quantitative estimate of drug-likeness (QED) is 0.791. The molecule has 1 saturated heterocycles. The van der Waals surface area contributed by atoms with Gasteiger partial charge < -0.3 is 4.79 Å². The van der Waals surface area contributed by atoms with Gasteiger partial charge in [0.25, 0.3) is 0 Å². The Hall–Kier alpha value is -1.68. The van der Waals surface area contributed by atoms with E-state index in [1.165, 1.54) is 11.8 Å². The molecule has 0 saturated carbocycles. The normalized spacial score (nSPS) is 20.8. The Morgan fingerprint density at radius 1 is 1.37 bits per heavy atom. The van der Waals surface area contributed by atoms with Crippen LogP contribution in [0.3, 0.4) is 0 Å². The van der Waals surface area contributed by atoms with Crippen molar-refractivity contribution in [1.29, 1.82) is 0 Å². The first-order valence-electron chi connectivity index (χ1n) is 6.89. The van der Waals surface area contributed by atoms with E-state index in [0.717, 1.165) is 43.4 Å². The van der Waals surface area contributed by atoms with Crippen molar-refractivity contribution in [2.45, 2.75) is 31.8 Å². The Kier molecular flexibility index (Phi) is 3.34. The highest BCUT2D eigenvalue weighted by Crippen LogP contribution is 2.22. The fourth-order valence-electron chi connectivity index (χ4n) is 2.97. The number of hydrogen-bond acceptors (Lipinski definition) is 3. The van der Waals surface area contributed by atoms with Gasteiger partial charge in [-0.25, -0.2) is 0 Å². The van der Waals surface area contributed by atoms with Crippen LogP contribution in [0, 0.1) is 0 Å². The van der Waals surface area contributed by atoms with Crippen molar-refractivity contribution in [3.8, 4) is 0 Å². The van der Waals surface area contributed by atoms with Gasteiger partial charge in [0, 0.05) is 19.0 Å². The Morgan fingerprint density at radius 2 is 2.21 bits per heavy atom. The SMILES string of the molecule is Cn1nc(CN2CCCCC2C=O)c2ccccc21. The molecule has 1 aliphatic heterocycles. The van der Waals surface area contributed by atoms with E-state index in [2.05, 4.69) is 22.1 Å². The standard InChI is InChI=1S/C15H19N3O/c1-17-15-8-3-2-7-13(15)14(16-17)10-18-9-5-4-6-12(18)11-19/h2-3,7-8,11-12H,4-6,9-10H2,1H3. The largest absolute Gasteiger partial charge is 0.302 e. The molecular formula is C15H19N3O. The van der Waals surface area contributed by atoms with Crippen LogP contribution in [0.1, 0.15) is 25.0 Å². The molecule has 2 heterocycles. The highest BCUT2D eigenvalue weighted by atomic mass is 16.1. The zero-order valence-electron chi connectivity index (χ0n) is 11.2. The summed E-state index contributed by atoms with van der Waals surface area (Å²) in [4.78, 5) is 13.4. The van der Waals surface area contributed by atoms with Gasteiger partial charge in [0.2, 0.25) is 0 Å². The maximum Gasteiger partial charge on any atom is 0.137 e. The maximum absolute atomic E-state index is 11.2. The lowest BCUT2D eigenvalue weighted by atomic mass is 10.0. The van der Waals surface area contributed by atoms with E-state index in [1.54, 1.807) is 0 Å². The second-order valence-corrected chi connectivity index (χ2v) is 5.26. The predicted molar refractivity (Wildman–Crippen MR) is 74.8 cm³/mol. The van der Waals surface area contributed by atoms with Crippen LogP contribution in [0.25, 0.3) is 10.9 Å². The summed E-state index contributed by atoms with van der Waals surface area (Å²) < 4.78 is 1.92. The monoisotopic (exact) mass is 257 g/mol. The van der Waals surface area contributed by atoms with Gasteiger partial charge in [-0.2, -0.15) is 5.10 Å². The number of aromatic nitrogens is 2. The van der Waals surface area contributed by atoms with Gasteiger partial charge in [-0.1, -0.05) is 24.6 Å². The van der Waals surface area contributed by atoms with Crippen LogP contribution in [0.2, 0.25) is 0 Å². The summed E-state index contributed by atoms with van der Waals surface area (Å²) in [6.45, 7) is 1.76. The summed E-state index contributed by atoms with van der Waals surface area (Å²) in [7, 11) is 1.97. The van der Waals surface area contributed by atoms with Crippen LogP contribution < -0.4 is 0 Å². The molecule has 1 aromatic heterocycles. The molecule has 0 amide bonds. The van der Waals surface area contributed by atoms with Crippen LogP contribution in [-0.4, -0.2) is 33.6 Å². The number of rotatable bonds is 3. The topological polar surface area (TPSA) is 38.1 Å². The summed E-state index contributed by atoms with van der Waals surface area (Å²) in [5, 5.41) is 5.81. The van der Waals surface area contributed by atoms with E-state index in [4.69, 9.17) is 0 Å². The van der Waals surface area contributed by atoms with Gasteiger partial charge in [0.1, 0.15) is 6.29 Å². The third-order valence-corrected chi connectivity index (χ3v) is 4.01. The number of likely N-dealkylation sites (tertiary alicyclic amines) is 1. The first kappa shape index (κ1) is 12.4. The van der Waals surface area contributed by atoms with Crippen molar-refractivity contribution in [3.05, 3.63) is 30.0 Å². The molecule has 1 aliphatic rings. The van der Waals surface area contributed by atoms with Crippen molar-refractivity contribution in [3.63, 3.8) is 0 Å². The molecule has 4 heteroatoms. The number of hydrogen-bond donors (Lipinski definition) is 0. The highest BCUT2D eigenvalue weighted by Gasteiger charge is 2.23. The minimum absolute atomic E-state index is 0.0644. The number of aryl methyl sites for hydroxylation is 1. The minimum Gasteiger partial charge on any atom is -0.302 e. The van der Waals surface area contributed by atoms with E-state index in [9.17, 15) is 4.79 Å². The highest BCUT2D eigenvalue weighted by molar-refractivity contribution is 5.81. The lowest BCUT2D eigenvalue weighted by molar-refractivity contribution is -0.113. The summed E-state index contributed by atoms with van der Waals surface area (Å²) in [6.07, 6.45) is 4.40. The van der Waals surface area contributed by atoms with Gasteiger partial charge in [0.15, 0.2) is 0 Å². The molecule has 1 aromatic carbocycles. The predicted octanol–water partition coefficient (Wildman–Crippen LogP) is 2.13. The van der Waals surface area contributed by atoms with E-state index in [1.807, 2.05) is 23.9 Å². The molecule has 0 N–H and O–H groups in total. The molecule has 0 radical (unpaired) electrons. The second-order valence-electron chi connectivity index (χ2n) is 5.26. The molecule has 2 aromatic rings. The smallest absolute Gasteiger partial charge is 0.137 e. The Labute approximate surface area is 113 Å². The maximum atomic E-state index is 11.2. The molecule has 0 spiro atoms. The zero-order valence-corrected chi connectivity index (χ0v) is 11.2. The van der Waals surface area contributed by atoms with E-state index < -0.39 is 0 Å². The van der Waals surface area contributed by atoms with Gasteiger partial charge in [0.05, 0.1) is 17.3 Å². The van der Waals surface area contributed by atoms with Gasteiger partial charge in [-0.15, -0.1) is 0 Å². The first-order chi connectivity index (χ1) is 9.29. The van der Waals surface area contributed by atoms with Crippen LogP contribution in [0.4, 0.5) is 0 Å². The lowest BCUT2D eigenvalue weighted by Crippen LogP contribution is -2.40. The van der Waals surface area contributed by atoms with Crippen molar-refractivity contribution in [2.24, 2.45) is 7.05 Å². The van der Waals surface area contributed by atoms with Crippen LogP contribution in [0.15, 0.2) is 24.3 Å². The average molecular weight is 257 g/mol. The van der Waals surface area contributed by atoms with E-state index >= 15 is 0 Å². The van der Waals surface area contributed by atoms with Gasteiger partial charge in [-0.05, 0) is 25.5 Å². The number of carbonyl (C=O) groups excluding carboxylic acids is 1. The van der Waals surface area contributed by atoms with Crippen molar-refractivity contribution < 1.29 is 4.79 Å². The molecule has 3 rings (SSSR count). The van der Waals surface area contributed by atoms with Crippen LogP contribution in [-0.2, 0) is 18.4 Å². The molecule has 1 unspecified atom stereocenters. The Balaban J connectivity index is 1.90. The average Bonchev–Trinajstić information content (AvgIpc) is 2.77. The third kappa shape index (κ3) is 2.28. The van der Waals surface area contributed by atoms with E-state index in [0.29, 0.717) is 0 Å². The molecular weight excluding hydrogens is 238 g/mol. The number of piperidine rings is 1. The molecule has 1 fully saturated rings. The van der Waals surface area contributed by atoms with Crippen LogP contribution in [0.5, 0.6) is 0 Å². The van der Waals surface area contributed by atoms with Crippen molar-refractivity contribution >= 4 is 17.2 Å². The zero-order chi connectivity index (χ0) is 13.2. The third-order valence-electron chi connectivity index (χ3n) is 4.01. The van der Waals surface area contributed by atoms with Crippen molar-refractivity contribution in [1.82, 2.24) is 14.7 Å². The molecule has 0 bridgehead atoms. The number of aldehydes is 1. The lowest BCUT2D eigenvalue weighted by Gasteiger charge is -2.31. The molecule has 4 nitrogen and oxygen atoms in total. The Bertz CT molecular complexity index is 590. The second kappa shape index (κ2) is 5.13. The first-order valence-corrected chi connectivity index (χ1v) is 6.89. The number of carbonyl (C=O) groups is 1. The van der Waals surface area contributed by atoms with Crippen molar-refractivity contribution in [2.75, 3.05) is 6.54 Å². The summed E-state index contributed by atoms with van der Waals surface area (Å²) in [5.74, 6) is 0. The summed E-state index contributed by atoms with van der Waals surface area (Å²) in [6, 6.07) is 8.33. The fraction of sp³-hybridized carbons (Fsp3) is 0.467. The molecule has 100 valence electrons. The van der Waals surface area contributed by atoms with Gasteiger partial charge >= 0.3 is 0 Å². The number of fused-ring (bicyclic) bond motifs is 1. The van der Waals surface area contributed by atoms with Gasteiger partial charge in [-0.3, -0.25) is 9.58 Å². The molecule has 0 aliphatic carbocycles. The fourth-order valence-corrected chi connectivity index (χ4v) is 2.97. The Morgan fingerprint density at radius 3 is 3.05 bits per heavy atom. The van der Waals surface area contributed by atoms with Crippen LogP contribution >= 0.6 is 0 Å². The number of nitrogens with zero attached hydrogens (tertiary/aromatic N) is 3. The number of benzene rings is 1. The summed E-state index contributed by atoms with van der Waals surface area (Å²) in [5.41, 5.74) is 2.23. The number of para-hydroxylation sites is 1. The minimum atomic E-state index is 0.0644. The van der Waals surface area contributed by atoms with E-state index in [-0.39, 0.29) is 6.04 Å². The molecule has 19 heavy (non-hydrogen) atoms. The molecule has 1 atom stereocenters. The summed E-state index contributed by atoms with van der Waals surface area (Å²) >= 11 is 0.